The molecule has 0 aliphatic heterocycles. The van der Waals surface area contributed by atoms with Crippen molar-refractivity contribution in [1.82, 2.24) is 15.1 Å². The second-order valence-electron chi connectivity index (χ2n) is 4.24. The molecule has 1 rings (SSSR count). The Bertz CT molecular complexity index is 352. The Hall–Kier alpha value is -1.09. The van der Waals surface area contributed by atoms with Crippen LogP contribution in [-0.4, -0.2) is 16.3 Å². The van der Waals surface area contributed by atoms with Gasteiger partial charge in [-0.15, -0.1) is 6.58 Å². The quantitative estimate of drug-likeness (QED) is 0.748. The third-order valence-electron chi connectivity index (χ3n) is 2.96. The predicted octanol–water partition coefficient (Wildman–Crippen LogP) is 2.65. The Labute approximate surface area is 98.5 Å². The first kappa shape index (κ1) is 13.0. The van der Waals surface area contributed by atoms with Gasteiger partial charge in [-0.25, -0.2) is 0 Å². The van der Waals surface area contributed by atoms with Crippen LogP contribution >= 0.6 is 0 Å². The van der Waals surface area contributed by atoms with Gasteiger partial charge in [-0.1, -0.05) is 13.0 Å². The van der Waals surface area contributed by atoms with E-state index in [0.29, 0.717) is 6.04 Å². The van der Waals surface area contributed by atoms with Crippen LogP contribution in [0.15, 0.2) is 12.7 Å². The summed E-state index contributed by atoms with van der Waals surface area (Å²) >= 11 is 0. The molecule has 3 nitrogen and oxygen atoms in total. The Balaban J connectivity index is 2.95. The lowest BCUT2D eigenvalue weighted by molar-refractivity contribution is 0.532. The number of hydrogen-bond donors (Lipinski definition) is 1. The fraction of sp³-hybridized carbons (Fsp3) is 0.615. The molecule has 1 aromatic heterocycles. The highest BCUT2D eigenvalue weighted by Gasteiger charge is 2.18. The summed E-state index contributed by atoms with van der Waals surface area (Å²) in [6, 6.07) is 0.353. The molecule has 0 spiro atoms. The number of nitrogens with zero attached hydrogens (tertiary/aromatic N) is 2. The molecule has 0 aliphatic carbocycles. The van der Waals surface area contributed by atoms with Crippen molar-refractivity contribution in [3.63, 3.8) is 0 Å². The van der Waals surface area contributed by atoms with Crippen LogP contribution in [0.25, 0.3) is 0 Å². The zero-order valence-electron chi connectivity index (χ0n) is 10.9. The molecular formula is C13H23N3. The predicted molar refractivity (Wildman–Crippen MR) is 68.5 cm³/mol. The van der Waals surface area contributed by atoms with E-state index in [1.54, 1.807) is 0 Å². The molecule has 0 bridgehead atoms. The van der Waals surface area contributed by atoms with Crippen molar-refractivity contribution >= 4 is 0 Å². The molecule has 90 valence electrons. The first-order valence-electron chi connectivity index (χ1n) is 5.96. The summed E-state index contributed by atoms with van der Waals surface area (Å²) in [5.41, 5.74) is 3.69. The maximum absolute atomic E-state index is 4.46. The monoisotopic (exact) mass is 221 g/mol. The summed E-state index contributed by atoms with van der Waals surface area (Å²) in [6.45, 7) is 11.2. The van der Waals surface area contributed by atoms with Gasteiger partial charge >= 0.3 is 0 Å². The minimum atomic E-state index is 0.353. The molecule has 1 aromatic rings. The fourth-order valence-corrected chi connectivity index (χ4v) is 2.08. The summed E-state index contributed by atoms with van der Waals surface area (Å²) in [6.07, 6.45) is 4.07. The molecule has 0 amide bonds. The third kappa shape index (κ3) is 2.73. The van der Waals surface area contributed by atoms with Gasteiger partial charge in [-0.05, 0) is 33.2 Å². The smallest absolute Gasteiger partial charge is 0.0644 e. The normalized spacial score (nSPS) is 12.8. The number of aromatic nitrogens is 2. The summed E-state index contributed by atoms with van der Waals surface area (Å²) in [7, 11) is 2.00. The molecule has 1 atom stereocenters. The van der Waals surface area contributed by atoms with Gasteiger partial charge in [0.05, 0.1) is 5.69 Å². The Morgan fingerprint density at radius 3 is 2.62 bits per heavy atom. The lowest BCUT2D eigenvalue weighted by atomic mass is 10.0. The van der Waals surface area contributed by atoms with Crippen LogP contribution in [-0.2, 0) is 7.05 Å². The van der Waals surface area contributed by atoms with E-state index < -0.39 is 0 Å². The van der Waals surface area contributed by atoms with Crippen LogP contribution in [0.3, 0.4) is 0 Å². The van der Waals surface area contributed by atoms with Crippen LogP contribution in [0.2, 0.25) is 0 Å². The zero-order valence-corrected chi connectivity index (χ0v) is 10.9. The van der Waals surface area contributed by atoms with Gasteiger partial charge in [0.15, 0.2) is 0 Å². The van der Waals surface area contributed by atoms with Gasteiger partial charge in [0.1, 0.15) is 0 Å². The molecule has 0 aromatic carbocycles. The van der Waals surface area contributed by atoms with Crippen LogP contribution in [0.5, 0.6) is 0 Å². The molecule has 0 saturated heterocycles. The van der Waals surface area contributed by atoms with Crippen LogP contribution in [0.4, 0.5) is 0 Å². The molecule has 1 unspecified atom stereocenters. The van der Waals surface area contributed by atoms with E-state index in [1.807, 2.05) is 17.8 Å². The number of hydrogen-bond acceptors (Lipinski definition) is 2. The summed E-state index contributed by atoms with van der Waals surface area (Å²) < 4.78 is 1.95. The highest BCUT2D eigenvalue weighted by Crippen LogP contribution is 2.24. The lowest BCUT2D eigenvalue weighted by Crippen LogP contribution is -2.22. The van der Waals surface area contributed by atoms with Crippen molar-refractivity contribution in [1.29, 1.82) is 0 Å². The van der Waals surface area contributed by atoms with Gasteiger partial charge in [-0.3, -0.25) is 4.68 Å². The molecular weight excluding hydrogens is 198 g/mol. The lowest BCUT2D eigenvalue weighted by Gasteiger charge is -2.17. The molecule has 1 heterocycles. The molecule has 16 heavy (non-hydrogen) atoms. The molecule has 1 N–H and O–H groups in total. The number of rotatable bonds is 6. The first-order chi connectivity index (χ1) is 7.61. The van der Waals surface area contributed by atoms with Gasteiger partial charge in [-0.2, -0.15) is 5.10 Å². The van der Waals surface area contributed by atoms with Crippen molar-refractivity contribution in [3.05, 3.63) is 29.6 Å². The maximum atomic E-state index is 4.46. The Kier molecular flexibility index (Phi) is 4.74. The highest BCUT2D eigenvalue weighted by atomic mass is 15.3. The topological polar surface area (TPSA) is 29.9 Å². The SMILES string of the molecule is C=CCC(NCCC)c1c(C)nn(C)c1C. The van der Waals surface area contributed by atoms with E-state index in [0.717, 1.165) is 25.1 Å². The van der Waals surface area contributed by atoms with Crippen molar-refractivity contribution in [2.24, 2.45) is 7.05 Å². The van der Waals surface area contributed by atoms with Crippen LogP contribution < -0.4 is 5.32 Å². The van der Waals surface area contributed by atoms with Crippen molar-refractivity contribution in [2.75, 3.05) is 6.54 Å². The summed E-state index contributed by atoms with van der Waals surface area (Å²) in [4.78, 5) is 0. The molecule has 0 fully saturated rings. The zero-order chi connectivity index (χ0) is 12.1. The summed E-state index contributed by atoms with van der Waals surface area (Å²) in [5.74, 6) is 0. The highest BCUT2D eigenvalue weighted by molar-refractivity contribution is 5.28. The maximum Gasteiger partial charge on any atom is 0.0644 e. The first-order valence-corrected chi connectivity index (χ1v) is 5.96. The van der Waals surface area contributed by atoms with E-state index in [-0.39, 0.29) is 0 Å². The average Bonchev–Trinajstić information content (AvgIpc) is 2.49. The summed E-state index contributed by atoms with van der Waals surface area (Å²) in [5, 5.41) is 8.02. The van der Waals surface area contributed by atoms with E-state index in [4.69, 9.17) is 0 Å². The molecule has 0 aliphatic rings. The minimum absolute atomic E-state index is 0.353. The molecule has 3 heteroatoms. The van der Waals surface area contributed by atoms with Crippen molar-refractivity contribution in [2.45, 2.75) is 39.7 Å². The largest absolute Gasteiger partial charge is 0.310 e. The molecule has 0 radical (unpaired) electrons. The Morgan fingerprint density at radius 2 is 2.19 bits per heavy atom. The average molecular weight is 221 g/mol. The Morgan fingerprint density at radius 1 is 1.50 bits per heavy atom. The van der Waals surface area contributed by atoms with Gasteiger partial charge < -0.3 is 5.32 Å². The fourth-order valence-electron chi connectivity index (χ4n) is 2.08. The van der Waals surface area contributed by atoms with E-state index >= 15 is 0 Å². The van der Waals surface area contributed by atoms with Crippen molar-refractivity contribution in [3.8, 4) is 0 Å². The number of aryl methyl sites for hydroxylation is 2. The standard InChI is InChI=1S/C13H23N3/c1-6-8-12(14-9-7-2)13-10(3)15-16(5)11(13)4/h6,12,14H,1,7-9H2,2-5H3. The molecule has 0 saturated carbocycles. The third-order valence-corrected chi connectivity index (χ3v) is 2.96. The minimum Gasteiger partial charge on any atom is -0.310 e. The number of nitrogens with one attached hydrogen (secondary N) is 1. The van der Waals surface area contributed by atoms with Gasteiger partial charge in [0.25, 0.3) is 0 Å². The van der Waals surface area contributed by atoms with Crippen LogP contribution in [0, 0.1) is 13.8 Å². The van der Waals surface area contributed by atoms with E-state index in [9.17, 15) is 0 Å². The second-order valence-corrected chi connectivity index (χ2v) is 4.24. The van der Waals surface area contributed by atoms with Crippen molar-refractivity contribution < 1.29 is 0 Å². The second kappa shape index (κ2) is 5.85. The van der Waals surface area contributed by atoms with Gasteiger partial charge in [0, 0.05) is 24.3 Å². The van der Waals surface area contributed by atoms with E-state index in [2.05, 4.69) is 37.8 Å². The van der Waals surface area contributed by atoms with E-state index in [1.165, 1.54) is 11.3 Å². The van der Waals surface area contributed by atoms with Gasteiger partial charge in [0.2, 0.25) is 0 Å². The van der Waals surface area contributed by atoms with Crippen LogP contribution in [0.1, 0.15) is 42.8 Å².